The molecule has 0 saturated heterocycles. The summed E-state index contributed by atoms with van der Waals surface area (Å²) in [7, 11) is 0. The molecule has 1 amide bonds. The van der Waals surface area contributed by atoms with Crippen molar-refractivity contribution in [2.45, 2.75) is 20.8 Å². The van der Waals surface area contributed by atoms with Crippen LogP contribution in [-0.4, -0.2) is 19.0 Å². The van der Waals surface area contributed by atoms with Crippen LogP contribution in [0.3, 0.4) is 0 Å². The van der Waals surface area contributed by atoms with Gasteiger partial charge in [0.1, 0.15) is 0 Å². The van der Waals surface area contributed by atoms with E-state index in [2.05, 4.69) is 30.6 Å². The Morgan fingerprint density at radius 2 is 2.17 bits per heavy atom. The monoisotopic (exact) mass is 245 g/mol. The summed E-state index contributed by atoms with van der Waals surface area (Å²) in [6.07, 6.45) is 0. The molecule has 0 aliphatic heterocycles. The Labute approximate surface area is 108 Å². The summed E-state index contributed by atoms with van der Waals surface area (Å²) in [6, 6.07) is 7.54. The van der Waals surface area contributed by atoms with Gasteiger partial charge in [0.15, 0.2) is 0 Å². The van der Waals surface area contributed by atoms with Crippen LogP contribution in [0.15, 0.2) is 18.2 Å². The first kappa shape index (κ1) is 14.0. The number of amides is 1. The minimum absolute atomic E-state index is 0.0225. The van der Waals surface area contributed by atoms with Crippen LogP contribution in [0.2, 0.25) is 0 Å². The van der Waals surface area contributed by atoms with Crippen molar-refractivity contribution in [1.82, 2.24) is 5.32 Å². The zero-order chi connectivity index (χ0) is 13.5. The van der Waals surface area contributed by atoms with Crippen LogP contribution in [0.1, 0.15) is 25.0 Å². The third-order valence-corrected chi connectivity index (χ3v) is 2.51. The summed E-state index contributed by atoms with van der Waals surface area (Å²) in [4.78, 5) is 11.5. The molecule has 1 aromatic carbocycles. The maximum Gasteiger partial charge on any atom is 0.239 e. The van der Waals surface area contributed by atoms with Gasteiger partial charge in [-0.3, -0.25) is 4.79 Å². The minimum atomic E-state index is -0.0225. The maximum atomic E-state index is 11.5. The molecule has 96 valence electrons. The molecule has 0 aliphatic carbocycles. The molecule has 1 rings (SSSR count). The second-order valence-corrected chi connectivity index (χ2v) is 4.69. The summed E-state index contributed by atoms with van der Waals surface area (Å²) < 4.78 is 0. The molecule has 0 saturated carbocycles. The Balaban J connectivity index is 2.47. The van der Waals surface area contributed by atoms with Crippen molar-refractivity contribution in [2.24, 2.45) is 5.92 Å². The topological polar surface area (TPSA) is 64.9 Å². The van der Waals surface area contributed by atoms with Crippen molar-refractivity contribution in [3.8, 4) is 6.07 Å². The fourth-order valence-corrected chi connectivity index (χ4v) is 1.46. The number of carbonyl (C=O) groups is 1. The molecule has 4 nitrogen and oxygen atoms in total. The van der Waals surface area contributed by atoms with Gasteiger partial charge in [-0.05, 0) is 36.6 Å². The highest BCUT2D eigenvalue weighted by Crippen LogP contribution is 2.13. The van der Waals surface area contributed by atoms with Gasteiger partial charge in [0.25, 0.3) is 0 Å². The molecule has 4 heteroatoms. The molecule has 0 unspecified atom stereocenters. The van der Waals surface area contributed by atoms with E-state index < -0.39 is 0 Å². The summed E-state index contributed by atoms with van der Waals surface area (Å²) >= 11 is 0. The Hall–Kier alpha value is -2.02. The molecule has 0 aliphatic rings. The average molecular weight is 245 g/mol. The van der Waals surface area contributed by atoms with Crippen LogP contribution in [-0.2, 0) is 4.79 Å². The molecular formula is C14H19N3O. The first-order chi connectivity index (χ1) is 8.52. The van der Waals surface area contributed by atoms with Crippen LogP contribution in [0.25, 0.3) is 0 Å². The van der Waals surface area contributed by atoms with E-state index in [-0.39, 0.29) is 12.5 Å². The molecule has 0 fully saturated rings. The summed E-state index contributed by atoms with van der Waals surface area (Å²) in [5.74, 6) is 0.428. The molecule has 0 bridgehead atoms. The van der Waals surface area contributed by atoms with E-state index in [9.17, 15) is 4.79 Å². The Morgan fingerprint density at radius 3 is 2.72 bits per heavy atom. The molecule has 1 aromatic rings. The number of hydrogen-bond donors (Lipinski definition) is 2. The quantitative estimate of drug-likeness (QED) is 0.834. The van der Waals surface area contributed by atoms with E-state index in [0.717, 1.165) is 11.3 Å². The Kier molecular flexibility index (Phi) is 5.19. The van der Waals surface area contributed by atoms with E-state index in [0.29, 0.717) is 18.0 Å². The molecule has 0 atom stereocenters. The Bertz CT molecular complexity index is 461. The van der Waals surface area contributed by atoms with E-state index in [4.69, 9.17) is 5.26 Å². The number of nitriles is 1. The van der Waals surface area contributed by atoms with E-state index in [1.165, 1.54) is 0 Å². The molecule has 0 spiro atoms. The highest BCUT2D eigenvalue weighted by molar-refractivity contribution is 5.80. The second kappa shape index (κ2) is 6.65. The number of rotatable bonds is 5. The fraction of sp³-hybridized carbons (Fsp3) is 0.429. The van der Waals surface area contributed by atoms with Gasteiger partial charge >= 0.3 is 0 Å². The van der Waals surface area contributed by atoms with Crippen molar-refractivity contribution < 1.29 is 4.79 Å². The highest BCUT2D eigenvalue weighted by atomic mass is 16.1. The van der Waals surface area contributed by atoms with Crippen molar-refractivity contribution in [2.75, 3.05) is 18.4 Å². The maximum absolute atomic E-state index is 11.5. The van der Waals surface area contributed by atoms with Gasteiger partial charge in [0.2, 0.25) is 5.91 Å². The zero-order valence-electron chi connectivity index (χ0n) is 11.1. The third kappa shape index (κ3) is 4.46. The first-order valence-electron chi connectivity index (χ1n) is 6.04. The highest BCUT2D eigenvalue weighted by Gasteiger charge is 2.03. The van der Waals surface area contributed by atoms with Crippen molar-refractivity contribution >= 4 is 11.6 Å². The van der Waals surface area contributed by atoms with Crippen LogP contribution >= 0.6 is 0 Å². The van der Waals surface area contributed by atoms with Crippen LogP contribution in [0.4, 0.5) is 5.69 Å². The van der Waals surface area contributed by atoms with Gasteiger partial charge in [-0.15, -0.1) is 0 Å². The number of benzene rings is 1. The predicted molar refractivity (Wildman–Crippen MR) is 72.2 cm³/mol. The summed E-state index contributed by atoms with van der Waals surface area (Å²) in [5, 5.41) is 14.7. The first-order valence-corrected chi connectivity index (χ1v) is 6.04. The SMILES string of the molecule is Cc1cc(NCC(=O)NCC(C)C)ccc1C#N. The lowest BCUT2D eigenvalue weighted by Gasteiger charge is -2.10. The van der Waals surface area contributed by atoms with Crippen molar-refractivity contribution in [3.63, 3.8) is 0 Å². The lowest BCUT2D eigenvalue weighted by Crippen LogP contribution is -2.32. The van der Waals surface area contributed by atoms with E-state index >= 15 is 0 Å². The number of aryl methyl sites for hydroxylation is 1. The molecule has 18 heavy (non-hydrogen) atoms. The number of carbonyl (C=O) groups excluding carboxylic acids is 1. The molecular weight excluding hydrogens is 226 g/mol. The van der Waals surface area contributed by atoms with Gasteiger partial charge in [-0.2, -0.15) is 5.26 Å². The lowest BCUT2D eigenvalue weighted by atomic mass is 10.1. The summed E-state index contributed by atoms with van der Waals surface area (Å²) in [5.41, 5.74) is 2.42. The average Bonchev–Trinajstić information content (AvgIpc) is 2.34. The second-order valence-electron chi connectivity index (χ2n) is 4.69. The van der Waals surface area contributed by atoms with Crippen LogP contribution in [0, 0.1) is 24.2 Å². The van der Waals surface area contributed by atoms with Crippen LogP contribution < -0.4 is 10.6 Å². The molecule has 0 aromatic heterocycles. The standard InChI is InChI=1S/C14H19N3O/c1-10(2)8-17-14(18)9-16-13-5-4-12(7-15)11(3)6-13/h4-6,10,16H,8-9H2,1-3H3,(H,17,18). The summed E-state index contributed by atoms with van der Waals surface area (Å²) in [6.45, 7) is 6.92. The third-order valence-electron chi connectivity index (χ3n) is 2.51. The number of nitrogens with one attached hydrogen (secondary N) is 2. The van der Waals surface area contributed by atoms with E-state index in [1.54, 1.807) is 12.1 Å². The lowest BCUT2D eigenvalue weighted by molar-refractivity contribution is -0.119. The van der Waals surface area contributed by atoms with Gasteiger partial charge in [-0.1, -0.05) is 13.8 Å². The minimum Gasteiger partial charge on any atom is -0.376 e. The largest absolute Gasteiger partial charge is 0.376 e. The predicted octanol–water partition coefficient (Wildman–Crippen LogP) is 2.05. The van der Waals surface area contributed by atoms with E-state index in [1.807, 2.05) is 13.0 Å². The van der Waals surface area contributed by atoms with Gasteiger partial charge < -0.3 is 10.6 Å². The number of hydrogen-bond acceptors (Lipinski definition) is 3. The number of anilines is 1. The zero-order valence-corrected chi connectivity index (χ0v) is 11.1. The van der Waals surface area contributed by atoms with Gasteiger partial charge in [-0.25, -0.2) is 0 Å². The van der Waals surface area contributed by atoms with Crippen molar-refractivity contribution in [1.29, 1.82) is 5.26 Å². The van der Waals surface area contributed by atoms with Gasteiger partial charge in [0.05, 0.1) is 18.2 Å². The number of nitrogens with zero attached hydrogens (tertiary/aromatic N) is 1. The molecule has 2 N–H and O–H groups in total. The smallest absolute Gasteiger partial charge is 0.239 e. The van der Waals surface area contributed by atoms with Crippen molar-refractivity contribution in [3.05, 3.63) is 29.3 Å². The Morgan fingerprint density at radius 1 is 1.44 bits per heavy atom. The van der Waals surface area contributed by atoms with Crippen LogP contribution in [0.5, 0.6) is 0 Å². The molecule has 0 heterocycles. The van der Waals surface area contributed by atoms with Gasteiger partial charge in [0, 0.05) is 12.2 Å². The molecule has 0 radical (unpaired) electrons. The normalized spacial score (nSPS) is 9.94. The fourth-order valence-electron chi connectivity index (χ4n) is 1.46.